The van der Waals surface area contributed by atoms with Gasteiger partial charge >= 0.3 is 0 Å². The summed E-state index contributed by atoms with van der Waals surface area (Å²) in [5, 5.41) is 10.7. The molecule has 7 heteroatoms. The molecule has 1 fully saturated rings. The van der Waals surface area contributed by atoms with Gasteiger partial charge in [0.15, 0.2) is 10.8 Å². The van der Waals surface area contributed by atoms with Crippen molar-refractivity contribution in [3.63, 3.8) is 0 Å². The lowest BCUT2D eigenvalue weighted by Gasteiger charge is -2.07. The number of rotatable bonds is 1. The number of benzene rings is 1. The monoisotopic (exact) mass is 260 g/mol. The summed E-state index contributed by atoms with van der Waals surface area (Å²) in [6.07, 6.45) is 0. The average molecular weight is 260 g/mol. The van der Waals surface area contributed by atoms with Crippen molar-refractivity contribution in [1.82, 2.24) is 10.3 Å². The number of hydrogen-bond donors (Lipinski definition) is 2. The Morgan fingerprint density at radius 1 is 1.28 bits per heavy atom. The summed E-state index contributed by atoms with van der Waals surface area (Å²) < 4.78 is 0. The highest BCUT2D eigenvalue weighted by Crippen LogP contribution is 2.23. The van der Waals surface area contributed by atoms with Crippen LogP contribution in [0.3, 0.4) is 0 Å². The second kappa shape index (κ2) is 3.88. The third kappa shape index (κ3) is 1.56. The number of amides is 2. The quantitative estimate of drug-likeness (QED) is 0.700. The van der Waals surface area contributed by atoms with Gasteiger partial charge in [-0.05, 0) is 18.3 Å². The van der Waals surface area contributed by atoms with Crippen LogP contribution < -0.4 is 10.6 Å². The second-order valence-electron chi connectivity index (χ2n) is 3.81. The maximum Gasteiger partial charge on any atom is 0.276 e. The van der Waals surface area contributed by atoms with Crippen molar-refractivity contribution in [3.8, 4) is 0 Å². The van der Waals surface area contributed by atoms with Crippen LogP contribution in [0.15, 0.2) is 29.4 Å². The van der Waals surface area contributed by atoms with Crippen LogP contribution in [0.2, 0.25) is 0 Å². The van der Waals surface area contributed by atoms with Crippen LogP contribution in [-0.4, -0.2) is 34.2 Å². The molecule has 0 radical (unpaired) electrons. The minimum Gasteiger partial charge on any atom is -0.352 e. The zero-order valence-electron chi connectivity index (χ0n) is 9.14. The molecule has 1 aromatic carbocycles. The molecule has 2 aliphatic rings. The lowest BCUT2D eigenvalue weighted by molar-refractivity contribution is -0.124. The number of para-hydroxylation sites is 1. The molecule has 6 nitrogen and oxygen atoms in total. The lowest BCUT2D eigenvalue weighted by atomic mass is 10.1. The Labute approximate surface area is 108 Å². The van der Waals surface area contributed by atoms with Gasteiger partial charge in [-0.2, -0.15) is 10.1 Å². The first-order valence-corrected chi connectivity index (χ1v) is 5.68. The molecule has 18 heavy (non-hydrogen) atoms. The van der Waals surface area contributed by atoms with Crippen LogP contribution in [0.25, 0.3) is 0 Å². The molecule has 2 heterocycles. The van der Waals surface area contributed by atoms with Gasteiger partial charge in [0.05, 0.1) is 12.2 Å². The van der Waals surface area contributed by atoms with Crippen molar-refractivity contribution in [2.24, 2.45) is 5.10 Å². The third-order valence-corrected chi connectivity index (χ3v) is 2.98. The van der Waals surface area contributed by atoms with Crippen molar-refractivity contribution < 1.29 is 9.59 Å². The van der Waals surface area contributed by atoms with Crippen LogP contribution in [0, 0.1) is 0 Å². The third-order valence-electron chi connectivity index (χ3n) is 2.66. The molecule has 0 aliphatic carbocycles. The van der Waals surface area contributed by atoms with Gasteiger partial charge in [-0.25, -0.2) is 0 Å². The number of carbonyl (C=O) groups is 2. The van der Waals surface area contributed by atoms with Crippen LogP contribution in [-0.2, 0) is 9.59 Å². The van der Waals surface area contributed by atoms with Crippen LogP contribution in [0.5, 0.6) is 0 Å². The Balaban J connectivity index is 2.04. The van der Waals surface area contributed by atoms with E-state index in [1.54, 1.807) is 18.2 Å². The Bertz CT molecular complexity index is 595. The van der Waals surface area contributed by atoms with Gasteiger partial charge in [0.2, 0.25) is 0 Å². The van der Waals surface area contributed by atoms with E-state index in [1.807, 2.05) is 6.07 Å². The van der Waals surface area contributed by atoms with E-state index in [4.69, 9.17) is 12.2 Å². The Kier molecular flexibility index (Phi) is 2.34. The van der Waals surface area contributed by atoms with E-state index in [0.717, 1.165) is 5.01 Å². The fourth-order valence-corrected chi connectivity index (χ4v) is 2.03. The molecule has 0 aromatic heterocycles. The standard InChI is InChI=1S/C11H8N4O2S/c16-8-5-12-11(18)15(8)14-9-6-3-1-2-4-7(6)13-10(9)17/h1-4H,5H2,(H,12,18)(H,13,14,17). The highest BCUT2D eigenvalue weighted by atomic mass is 32.1. The molecule has 90 valence electrons. The number of hydrazone groups is 1. The number of nitrogens with one attached hydrogen (secondary N) is 2. The molecular formula is C11H8N4O2S. The lowest BCUT2D eigenvalue weighted by Crippen LogP contribution is -2.28. The van der Waals surface area contributed by atoms with E-state index >= 15 is 0 Å². The molecule has 0 spiro atoms. The van der Waals surface area contributed by atoms with Gasteiger partial charge in [0.25, 0.3) is 11.8 Å². The SMILES string of the molecule is O=C1Nc2ccccc2/C1=N/N1C(=O)CNC1=S. The number of carbonyl (C=O) groups excluding carboxylic acids is 2. The van der Waals surface area contributed by atoms with Crippen molar-refractivity contribution in [3.05, 3.63) is 29.8 Å². The highest BCUT2D eigenvalue weighted by Gasteiger charge is 2.31. The number of nitrogens with zero attached hydrogens (tertiary/aromatic N) is 2. The van der Waals surface area contributed by atoms with Crippen molar-refractivity contribution in [1.29, 1.82) is 0 Å². The van der Waals surface area contributed by atoms with Crippen LogP contribution in [0.1, 0.15) is 5.56 Å². The van der Waals surface area contributed by atoms with E-state index in [2.05, 4.69) is 15.7 Å². The summed E-state index contributed by atoms with van der Waals surface area (Å²) >= 11 is 4.94. The Morgan fingerprint density at radius 2 is 2.06 bits per heavy atom. The minimum absolute atomic E-state index is 0.110. The summed E-state index contributed by atoms with van der Waals surface area (Å²) in [7, 11) is 0. The van der Waals surface area contributed by atoms with Crippen molar-refractivity contribution >= 4 is 40.5 Å². The van der Waals surface area contributed by atoms with Crippen molar-refractivity contribution in [2.75, 3.05) is 11.9 Å². The second-order valence-corrected chi connectivity index (χ2v) is 4.20. The summed E-state index contributed by atoms with van der Waals surface area (Å²) in [6, 6.07) is 7.16. The molecule has 3 rings (SSSR count). The predicted octanol–water partition coefficient (Wildman–Crippen LogP) is 0.0595. The van der Waals surface area contributed by atoms with E-state index in [-0.39, 0.29) is 29.2 Å². The van der Waals surface area contributed by atoms with Crippen molar-refractivity contribution in [2.45, 2.75) is 0 Å². The summed E-state index contributed by atoms with van der Waals surface area (Å²) in [4.78, 5) is 23.3. The topological polar surface area (TPSA) is 73.8 Å². The van der Waals surface area contributed by atoms with Crippen LogP contribution >= 0.6 is 12.2 Å². The predicted molar refractivity (Wildman–Crippen MR) is 69.1 cm³/mol. The zero-order valence-corrected chi connectivity index (χ0v) is 9.95. The summed E-state index contributed by atoms with van der Waals surface area (Å²) in [5.41, 5.74) is 1.56. The van der Waals surface area contributed by atoms with E-state index in [9.17, 15) is 9.59 Å². The van der Waals surface area contributed by atoms with E-state index < -0.39 is 0 Å². The maximum absolute atomic E-state index is 11.8. The molecule has 0 bridgehead atoms. The molecule has 0 unspecified atom stereocenters. The summed E-state index contributed by atoms with van der Waals surface area (Å²) in [6.45, 7) is 0.110. The number of hydrogen-bond acceptors (Lipinski definition) is 4. The number of fused-ring (bicyclic) bond motifs is 1. The van der Waals surface area contributed by atoms with Gasteiger partial charge < -0.3 is 10.6 Å². The molecule has 1 saturated heterocycles. The fourth-order valence-electron chi connectivity index (χ4n) is 1.82. The Hall–Kier alpha value is -2.28. The average Bonchev–Trinajstić information content (AvgIpc) is 2.84. The Morgan fingerprint density at radius 3 is 2.78 bits per heavy atom. The zero-order chi connectivity index (χ0) is 12.7. The molecule has 2 aliphatic heterocycles. The molecule has 0 saturated carbocycles. The highest BCUT2D eigenvalue weighted by molar-refractivity contribution is 7.80. The minimum atomic E-state index is -0.335. The van der Waals surface area contributed by atoms with E-state index in [1.165, 1.54) is 0 Å². The normalized spacial score (nSPS) is 20.1. The molecular weight excluding hydrogens is 252 g/mol. The van der Waals surface area contributed by atoms with Gasteiger partial charge in [0.1, 0.15) is 0 Å². The van der Waals surface area contributed by atoms with Crippen LogP contribution in [0.4, 0.5) is 5.69 Å². The van der Waals surface area contributed by atoms with Gasteiger partial charge in [-0.15, -0.1) is 0 Å². The number of anilines is 1. The number of thiocarbonyl (C=S) groups is 1. The largest absolute Gasteiger partial charge is 0.352 e. The molecule has 2 amide bonds. The first-order chi connectivity index (χ1) is 8.66. The fraction of sp³-hybridized carbons (Fsp3) is 0.0909. The van der Waals surface area contributed by atoms with E-state index in [0.29, 0.717) is 11.3 Å². The van der Waals surface area contributed by atoms with Gasteiger partial charge in [0, 0.05) is 5.56 Å². The first kappa shape index (κ1) is 10.8. The maximum atomic E-state index is 11.8. The first-order valence-electron chi connectivity index (χ1n) is 5.27. The molecule has 2 N–H and O–H groups in total. The molecule has 1 aromatic rings. The molecule has 0 atom stereocenters. The van der Waals surface area contributed by atoms with Gasteiger partial charge in [-0.3, -0.25) is 9.59 Å². The summed E-state index contributed by atoms with van der Waals surface area (Å²) in [5.74, 6) is -0.608. The van der Waals surface area contributed by atoms with Gasteiger partial charge in [-0.1, -0.05) is 18.2 Å². The smallest absolute Gasteiger partial charge is 0.276 e.